The molecule has 0 saturated heterocycles. The Labute approximate surface area is 130 Å². The predicted octanol–water partition coefficient (Wildman–Crippen LogP) is 3.80. The first-order valence-electron chi connectivity index (χ1n) is 8.28. The molecular weight excluding hydrogens is 264 g/mol. The molecule has 0 aromatic carbocycles. The number of ether oxygens (including phenoxy) is 1. The summed E-state index contributed by atoms with van der Waals surface area (Å²) in [7, 11) is 0. The van der Waals surface area contributed by atoms with Crippen molar-refractivity contribution < 1.29 is 9.53 Å². The second-order valence-corrected chi connectivity index (χ2v) is 8.15. The van der Waals surface area contributed by atoms with Gasteiger partial charge in [-0.15, -0.1) is 0 Å². The summed E-state index contributed by atoms with van der Waals surface area (Å²) in [6.07, 6.45) is 3.63. The van der Waals surface area contributed by atoms with Crippen molar-refractivity contribution in [1.82, 2.24) is 10.2 Å². The van der Waals surface area contributed by atoms with Crippen molar-refractivity contribution >= 4 is 6.09 Å². The monoisotopic (exact) mass is 298 g/mol. The quantitative estimate of drug-likeness (QED) is 0.811. The number of hydrogen-bond acceptors (Lipinski definition) is 3. The molecule has 1 fully saturated rings. The molecule has 21 heavy (non-hydrogen) atoms. The number of nitrogens with zero attached hydrogens (tertiary/aromatic N) is 1. The third-order valence-electron chi connectivity index (χ3n) is 3.75. The Morgan fingerprint density at radius 3 is 2.33 bits per heavy atom. The zero-order valence-electron chi connectivity index (χ0n) is 15.0. The average molecular weight is 298 g/mol. The van der Waals surface area contributed by atoms with E-state index in [0.29, 0.717) is 12.6 Å². The Morgan fingerprint density at radius 1 is 1.24 bits per heavy atom. The van der Waals surface area contributed by atoms with Gasteiger partial charge in [-0.1, -0.05) is 13.3 Å². The summed E-state index contributed by atoms with van der Waals surface area (Å²) >= 11 is 0. The van der Waals surface area contributed by atoms with Crippen molar-refractivity contribution in [1.29, 1.82) is 0 Å². The number of nitrogens with one attached hydrogen (secondary N) is 1. The van der Waals surface area contributed by atoms with Gasteiger partial charge in [-0.3, -0.25) is 0 Å². The first-order valence-corrected chi connectivity index (χ1v) is 8.28. The van der Waals surface area contributed by atoms with E-state index < -0.39 is 5.60 Å². The van der Waals surface area contributed by atoms with Gasteiger partial charge in [-0.05, 0) is 60.3 Å². The Balaban J connectivity index is 2.43. The van der Waals surface area contributed by atoms with E-state index >= 15 is 0 Å². The molecule has 0 bridgehead atoms. The average Bonchev–Trinajstić information content (AvgIpc) is 2.99. The minimum atomic E-state index is -0.448. The lowest BCUT2D eigenvalue weighted by atomic mass is 10.1. The predicted molar refractivity (Wildman–Crippen MR) is 87.5 cm³/mol. The summed E-state index contributed by atoms with van der Waals surface area (Å²) < 4.78 is 5.52. The molecule has 1 amide bonds. The van der Waals surface area contributed by atoms with Crippen LogP contribution in [0.25, 0.3) is 0 Å². The minimum absolute atomic E-state index is 0.224. The highest BCUT2D eigenvalue weighted by Gasteiger charge is 2.36. The number of amides is 1. The van der Waals surface area contributed by atoms with Crippen molar-refractivity contribution in [3.8, 4) is 0 Å². The van der Waals surface area contributed by atoms with Gasteiger partial charge in [0.05, 0.1) is 0 Å². The molecule has 4 nitrogen and oxygen atoms in total. The van der Waals surface area contributed by atoms with Crippen molar-refractivity contribution in [2.24, 2.45) is 5.92 Å². The fraction of sp³-hybridized carbons (Fsp3) is 0.941. The lowest BCUT2D eigenvalue weighted by Crippen LogP contribution is -2.50. The lowest BCUT2D eigenvalue weighted by Gasteiger charge is -2.37. The fourth-order valence-corrected chi connectivity index (χ4v) is 2.57. The number of carbonyl (C=O) groups is 1. The zero-order chi connectivity index (χ0) is 16.3. The van der Waals surface area contributed by atoms with Gasteiger partial charge in [0.25, 0.3) is 0 Å². The summed E-state index contributed by atoms with van der Waals surface area (Å²) in [5.41, 5.74) is -0.674. The minimum Gasteiger partial charge on any atom is -0.444 e. The van der Waals surface area contributed by atoms with E-state index in [2.05, 4.69) is 12.2 Å². The maximum absolute atomic E-state index is 12.3. The molecule has 2 unspecified atom stereocenters. The molecule has 1 aliphatic rings. The van der Waals surface area contributed by atoms with Gasteiger partial charge in [-0.2, -0.15) is 0 Å². The Hall–Kier alpha value is -0.770. The molecule has 0 aromatic rings. The van der Waals surface area contributed by atoms with Crippen molar-refractivity contribution in [3.63, 3.8) is 0 Å². The molecule has 1 aliphatic carbocycles. The standard InChI is InChI=1S/C17H34N2O2/c1-8-9-13-12-14(13)18-10-11-19(16(2,3)4)15(20)21-17(5,6)7/h13-14,18H,8-12H2,1-7H3. The van der Waals surface area contributed by atoms with Crippen LogP contribution in [0.4, 0.5) is 4.79 Å². The molecule has 0 radical (unpaired) electrons. The van der Waals surface area contributed by atoms with E-state index in [0.717, 1.165) is 12.5 Å². The summed E-state index contributed by atoms with van der Waals surface area (Å²) in [5.74, 6) is 0.847. The van der Waals surface area contributed by atoms with Crippen LogP contribution in [-0.2, 0) is 4.74 Å². The summed E-state index contributed by atoms with van der Waals surface area (Å²) in [4.78, 5) is 14.2. The van der Waals surface area contributed by atoms with E-state index in [-0.39, 0.29) is 11.6 Å². The van der Waals surface area contributed by atoms with E-state index in [1.54, 1.807) is 0 Å². The van der Waals surface area contributed by atoms with Crippen LogP contribution >= 0.6 is 0 Å². The molecule has 1 saturated carbocycles. The topological polar surface area (TPSA) is 41.6 Å². The number of hydrogen-bond donors (Lipinski definition) is 1. The molecule has 1 rings (SSSR count). The van der Waals surface area contributed by atoms with Gasteiger partial charge in [-0.25, -0.2) is 4.79 Å². The Morgan fingerprint density at radius 2 is 1.86 bits per heavy atom. The van der Waals surface area contributed by atoms with Crippen LogP contribution in [0.1, 0.15) is 67.7 Å². The number of carbonyl (C=O) groups excluding carboxylic acids is 1. The normalized spacial score (nSPS) is 22.0. The summed E-state index contributed by atoms with van der Waals surface area (Å²) in [6.45, 7) is 15.6. The molecule has 1 N–H and O–H groups in total. The van der Waals surface area contributed by atoms with Crippen LogP contribution in [0.15, 0.2) is 0 Å². The van der Waals surface area contributed by atoms with Gasteiger partial charge < -0.3 is 15.0 Å². The largest absolute Gasteiger partial charge is 0.444 e. The maximum atomic E-state index is 12.3. The fourth-order valence-electron chi connectivity index (χ4n) is 2.57. The van der Waals surface area contributed by atoms with Crippen LogP contribution < -0.4 is 5.32 Å². The molecular formula is C17H34N2O2. The smallest absolute Gasteiger partial charge is 0.410 e. The van der Waals surface area contributed by atoms with E-state index in [4.69, 9.17) is 4.74 Å². The molecule has 2 atom stereocenters. The number of rotatable bonds is 6. The van der Waals surface area contributed by atoms with Crippen LogP contribution in [0, 0.1) is 5.92 Å². The van der Waals surface area contributed by atoms with Crippen LogP contribution in [0.5, 0.6) is 0 Å². The third kappa shape index (κ3) is 6.68. The maximum Gasteiger partial charge on any atom is 0.410 e. The molecule has 0 aromatic heterocycles. The second kappa shape index (κ2) is 6.99. The lowest BCUT2D eigenvalue weighted by molar-refractivity contribution is 0.00660. The SMILES string of the molecule is CCCC1CC1NCCN(C(=O)OC(C)(C)C)C(C)(C)C. The highest BCUT2D eigenvalue weighted by Crippen LogP contribution is 2.34. The van der Waals surface area contributed by atoms with E-state index in [1.165, 1.54) is 19.3 Å². The zero-order valence-corrected chi connectivity index (χ0v) is 15.0. The van der Waals surface area contributed by atoms with E-state index in [1.807, 2.05) is 46.4 Å². The van der Waals surface area contributed by atoms with Gasteiger partial charge in [0.15, 0.2) is 0 Å². The van der Waals surface area contributed by atoms with Crippen LogP contribution in [0.3, 0.4) is 0 Å². The van der Waals surface area contributed by atoms with Crippen LogP contribution in [0.2, 0.25) is 0 Å². The van der Waals surface area contributed by atoms with E-state index in [9.17, 15) is 4.79 Å². The highest BCUT2D eigenvalue weighted by atomic mass is 16.6. The van der Waals surface area contributed by atoms with Crippen molar-refractivity contribution in [2.45, 2.75) is 84.9 Å². The second-order valence-electron chi connectivity index (χ2n) is 8.15. The van der Waals surface area contributed by atoms with Crippen molar-refractivity contribution in [3.05, 3.63) is 0 Å². The summed E-state index contributed by atoms with van der Waals surface area (Å²) in [5, 5.41) is 3.56. The summed E-state index contributed by atoms with van der Waals surface area (Å²) in [6, 6.07) is 0.658. The molecule has 124 valence electrons. The third-order valence-corrected chi connectivity index (χ3v) is 3.75. The van der Waals surface area contributed by atoms with Crippen LogP contribution in [-0.4, -0.2) is 41.3 Å². The highest BCUT2D eigenvalue weighted by molar-refractivity contribution is 5.69. The van der Waals surface area contributed by atoms with Gasteiger partial charge in [0.2, 0.25) is 0 Å². The van der Waals surface area contributed by atoms with Crippen molar-refractivity contribution in [2.75, 3.05) is 13.1 Å². The Kier molecular flexibility index (Phi) is 6.09. The molecule has 0 aliphatic heterocycles. The molecule has 0 spiro atoms. The van der Waals surface area contributed by atoms with Gasteiger partial charge in [0.1, 0.15) is 5.60 Å². The first-order chi connectivity index (χ1) is 9.54. The molecule has 4 heteroatoms. The van der Waals surface area contributed by atoms with Gasteiger partial charge >= 0.3 is 6.09 Å². The van der Waals surface area contributed by atoms with Gasteiger partial charge in [0, 0.05) is 24.7 Å². The first kappa shape index (κ1) is 18.3. The Bertz CT molecular complexity index is 342. The molecule has 0 heterocycles.